The van der Waals surface area contributed by atoms with Crippen molar-refractivity contribution in [3.63, 3.8) is 0 Å². The normalized spacial score (nSPS) is 14.9. The Hall–Kier alpha value is -1.80. The highest BCUT2D eigenvalue weighted by Gasteiger charge is 2.19. The minimum atomic E-state index is 0.000417. The molecule has 2 nitrogen and oxygen atoms in total. The zero-order valence-electron chi connectivity index (χ0n) is 10.3. The molecular weight excluding hydrogens is 222 g/mol. The second-order valence-corrected chi connectivity index (χ2v) is 4.73. The summed E-state index contributed by atoms with van der Waals surface area (Å²) in [5.74, 6) is 1.01. The Kier molecular flexibility index (Phi) is 3.03. The summed E-state index contributed by atoms with van der Waals surface area (Å²) < 4.78 is 5.71. The predicted molar refractivity (Wildman–Crippen MR) is 72.7 cm³/mol. The van der Waals surface area contributed by atoms with Crippen LogP contribution in [0.3, 0.4) is 0 Å². The molecule has 0 bridgehead atoms. The van der Waals surface area contributed by atoms with E-state index >= 15 is 0 Å². The van der Waals surface area contributed by atoms with Crippen LogP contribution in [0.5, 0.6) is 5.75 Å². The third-order valence-electron chi connectivity index (χ3n) is 3.44. The molecule has 1 heterocycles. The molecule has 0 radical (unpaired) electrons. The first-order chi connectivity index (χ1) is 8.84. The molecule has 0 saturated heterocycles. The first-order valence-electron chi connectivity index (χ1n) is 6.38. The molecule has 3 rings (SSSR count). The molecule has 18 heavy (non-hydrogen) atoms. The van der Waals surface area contributed by atoms with Crippen LogP contribution in [0.4, 0.5) is 0 Å². The number of nitrogens with two attached hydrogens (primary N) is 1. The lowest BCUT2D eigenvalue weighted by atomic mass is 9.97. The summed E-state index contributed by atoms with van der Waals surface area (Å²) >= 11 is 0. The number of rotatable bonds is 3. The molecule has 2 heteroatoms. The molecule has 0 fully saturated rings. The lowest BCUT2D eigenvalue weighted by Crippen LogP contribution is -2.14. The smallest absolute Gasteiger partial charge is 0.127 e. The molecule has 2 aromatic rings. The van der Waals surface area contributed by atoms with Crippen LogP contribution >= 0.6 is 0 Å². The van der Waals surface area contributed by atoms with Gasteiger partial charge in [0.05, 0.1) is 6.61 Å². The predicted octanol–water partition coefficient (Wildman–Crippen LogP) is 2.86. The average molecular weight is 239 g/mol. The lowest BCUT2D eigenvalue weighted by molar-refractivity contribution is 0.351. The van der Waals surface area contributed by atoms with E-state index in [-0.39, 0.29) is 6.04 Å². The van der Waals surface area contributed by atoms with Gasteiger partial charge in [-0.15, -0.1) is 0 Å². The summed E-state index contributed by atoms with van der Waals surface area (Å²) in [6, 6.07) is 16.6. The van der Waals surface area contributed by atoms with Gasteiger partial charge in [-0.1, -0.05) is 48.5 Å². The standard InChI is InChI=1S/C16H17NO/c17-15(11-12-5-2-1-3-6-12)14-8-4-7-13-9-10-18-16(13)14/h1-8,15H,9-11,17H2. The van der Waals surface area contributed by atoms with E-state index in [0.29, 0.717) is 0 Å². The Morgan fingerprint density at radius 1 is 1.06 bits per heavy atom. The molecular formula is C16H17NO. The molecule has 1 aliphatic rings. The maximum absolute atomic E-state index is 6.32. The number of fused-ring (bicyclic) bond motifs is 1. The Morgan fingerprint density at radius 3 is 2.72 bits per heavy atom. The van der Waals surface area contributed by atoms with Crippen molar-refractivity contribution < 1.29 is 4.74 Å². The second kappa shape index (κ2) is 4.83. The Bertz CT molecular complexity index is 536. The van der Waals surface area contributed by atoms with E-state index in [0.717, 1.165) is 30.8 Å². The van der Waals surface area contributed by atoms with Gasteiger partial charge in [0.25, 0.3) is 0 Å². The van der Waals surface area contributed by atoms with Gasteiger partial charge in [-0.05, 0) is 17.5 Å². The van der Waals surface area contributed by atoms with E-state index in [1.54, 1.807) is 0 Å². The van der Waals surface area contributed by atoms with Crippen molar-refractivity contribution in [2.75, 3.05) is 6.61 Å². The van der Waals surface area contributed by atoms with Crippen molar-refractivity contribution >= 4 is 0 Å². The Labute approximate surface area is 107 Å². The fraction of sp³-hybridized carbons (Fsp3) is 0.250. The van der Waals surface area contributed by atoms with Gasteiger partial charge in [0.15, 0.2) is 0 Å². The number of ether oxygens (including phenoxy) is 1. The van der Waals surface area contributed by atoms with E-state index in [2.05, 4.69) is 30.3 Å². The maximum atomic E-state index is 6.32. The third-order valence-corrected chi connectivity index (χ3v) is 3.44. The molecule has 0 amide bonds. The first-order valence-corrected chi connectivity index (χ1v) is 6.38. The average Bonchev–Trinajstić information content (AvgIpc) is 2.87. The zero-order chi connectivity index (χ0) is 12.4. The van der Waals surface area contributed by atoms with Crippen LogP contribution in [0, 0.1) is 0 Å². The number of hydrogen-bond donors (Lipinski definition) is 1. The van der Waals surface area contributed by atoms with Gasteiger partial charge in [0, 0.05) is 18.0 Å². The van der Waals surface area contributed by atoms with Gasteiger partial charge >= 0.3 is 0 Å². The summed E-state index contributed by atoms with van der Waals surface area (Å²) in [4.78, 5) is 0. The number of hydrogen-bond acceptors (Lipinski definition) is 2. The summed E-state index contributed by atoms with van der Waals surface area (Å²) in [6.45, 7) is 0.782. The number of benzene rings is 2. The fourth-order valence-electron chi connectivity index (χ4n) is 2.51. The second-order valence-electron chi connectivity index (χ2n) is 4.73. The molecule has 0 aliphatic carbocycles. The fourth-order valence-corrected chi connectivity index (χ4v) is 2.51. The van der Waals surface area contributed by atoms with Crippen LogP contribution in [0.2, 0.25) is 0 Å². The van der Waals surface area contributed by atoms with Gasteiger partial charge in [0.2, 0.25) is 0 Å². The highest BCUT2D eigenvalue weighted by atomic mass is 16.5. The molecule has 0 spiro atoms. The largest absolute Gasteiger partial charge is 0.493 e. The van der Waals surface area contributed by atoms with Crippen molar-refractivity contribution in [3.8, 4) is 5.75 Å². The van der Waals surface area contributed by atoms with Crippen molar-refractivity contribution in [2.24, 2.45) is 5.73 Å². The van der Waals surface area contributed by atoms with E-state index in [1.165, 1.54) is 11.1 Å². The Morgan fingerprint density at radius 2 is 1.89 bits per heavy atom. The minimum absolute atomic E-state index is 0.000417. The highest BCUT2D eigenvalue weighted by molar-refractivity contribution is 5.46. The lowest BCUT2D eigenvalue weighted by Gasteiger charge is -2.15. The van der Waals surface area contributed by atoms with E-state index in [1.807, 2.05) is 18.2 Å². The highest BCUT2D eigenvalue weighted by Crippen LogP contribution is 2.33. The quantitative estimate of drug-likeness (QED) is 0.894. The van der Waals surface area contributed by atoms with Gasteiger partial charge in [-0.3, -0.25) is 0 Å². The molecule has 0 aromatic heterocycles. The van der Waals surface area contributed by atoms with Crippen LogP contribution in [0.1, 0.15) is 22.7 Å². The monoisotopic (exact) mass is 239 g/mol. The summed E-state index contributed by atoms with van der Waals surface area (Å²) in [5.41, 5.74) is 10.0. The molecule has 1 atom stereocenters. The van der Waals surface area contributed by atoms with Gasteiger partial charge in [-0.25, -0.2) is 0 Å². The van der Waals surface area contributed by atoms with Crippen molar-refractivity contribution in [2.45, 2.75) is 18.9 Å². The van der Waals surface area contributed by atoms with E-state index in [4.69, 9.17) is 10.5 Å². The zero-order valence-corrected chi connectivity index (χ0v) is 10.3. The van der Waals surface area contributed by atoms with Crippen LogP contribution in [0.15, 0.2) is 48.5 Å². The SMILES string of the molecule is NC(Cc1ccccc1)c1cccc2c1OCC2. The van der Waals surface area contributed by atoms with E-state index < -0.39 is 0 Å². The summed E-state index contributed by atoms with van der Waals surface area (Å²) in [6.07, 6.45) is 1.85. The van der Waals surface area contributed by atoms with E-state index in [9.17, 15) is 0 Å². The molecule has 2 aromatic carbocycles. The van der Waals surface area contributed by atoms with Crippen LogP contribution < -0.4 is 10.5 Å². The first kappa shape index (κ1) is 11.3. The Balaban J connectivity index is 1.85. The van der Waals surface area contributed by atoms with Crippen molar-refractivity contribution in [1.29, 1.82) is 0 Å². The molecule has 1 unspecified atom stereocenters. The summed E-state index contributed by atoms with van der Waals surface area (Å²) in [5, 5.41) is 0. The van der Waals surface area contributed by atoms with Gasteiger partial charge in [0.1, 0.15) is 5.75 Å². The van der Waals surface area contributed by atoms with Gasteiger partial charge < -0.3 is 10.5 Å². The maximum Gasteiger partial charge on any atom is 0.127 e. The van der Waals surface area contributed by atoms with Crippen LogP contribution in [-0.4, -0.2) is 6.61 Å². The summed E-state index contributed by atoms with van der Waals surface area (Å²) in [7, 11) is 0. The van der Waals surface area contributed by atoms with Crippen LogP contribution in [0.25, 0.3) is 0 Å². The van der Waals surface area contributed by atoms with Crippen molar-refractivity contribution in [3.05, 3.63) is 65.2 Å². The van der Waals surface area contributed by atoms with Gasteiger partial charge in [-0.2, -0.15) is 0 Å². The molecule has 0 saturated carbocycles. The molecule has 1 aliphatic heterocycles. The molecule has 2 N–H and O–H groups in total. The minimum Gasteiger partial charge on any atom is -0.493 e. The third kappa shape index (κ3) is 2.12. The van der Waals surface area contributed by atoms with Crippen molar-refractivity contribution in [1.82, 2.24) is 0 Å². The molecule has 92 valence electrons. The van der Waals surface area contributed by atoms with Crippen LogP contribution in [-0.2, 0) is 12.8 Å². The topological polar surface area (TPSA) is 35.2 Å². The number of para-hydroxylation sites is 1.